The molecule has 1 aliphatic rings. The molecule has 1 amide bonds. The van der Waals surface area contributed by atoms with Crippen molar-refractivity contribution in [3.05, 3.63) is 34.3 Å². The highest BCUT2D eigenvalue weighted by Crippen LogP contribution is 2.33. The average Bonchev–Trinajstić information content (AvgIpc) is 2.92. The van der Waals surface area contributed by atoms with Gasteiger partial charge in [-0.15, -0.1) is 0 Å². The molecule has 1 heterocycles. The summed E-state index contributed by atoms with van der Waals surface area (Å²) < 4.78 is 1.08. The fourth-order valence-electron chi connectivity index (χ4n) is 2.90. The molecular weight excluding hydrogens is 328 g/mol. The van der Waals surface area contributed by atoms with Crippen molar-refractivity contribution in [2.24, 2.45) is 0 Å². The minimum Gasteiger partial charge on any atom is -0.336 e. The van der Waals surface area contributed by atoms with Crippen LogP contribution in [0.2, 0.25) is 0 Å². The van der Waals surface area contributed by atoms with Gasteiger partial charge in [-0.05, 0) is 43.5 Å². The summed E-state index contributed by atoms with van der Waals surface area (Å²) in [6.07, 6.45) is 3.74. The van der Waals surface area contributed by atoms with Crippen molar-refractivity contribution >= 4 is 21.8 Å². The molecule has 0 aliphatic carbocycles. The van der Waals surface area contributed by atoms with E-state index in [9.17, 15) is 4.79 Å². The van der Waals surface area contributed by atoms with E-state index in [4.69, 9.17) is 0 Å². The zero-order valence-electron chi connectivity index (χ0n) is 12.9. The van der Waals surface area contributed by atoms with E-state index in [1.165, 1.54) is 5.56 Å². The first-order chi connectivity index (χ1) is 10.1. The third-order valence-electron chi connectivity index (χ3n) is 3.93. The topological polar surface area (TPSA) is 32.3 Å². The largest absolute Gasteiger partial charge is 0.336 e. The van der Waals surface area contributed by atoms with Crippen LogP contribution in [-0.4, -0.2) is 29.9 Å². The molecule has 0 aromatic heterocycles. The van der Waals surface area contributed by atoms with Gasteiger partial charge in [-0.2, -0.15) is 0 Å². The fourth-order valence-corrected chi connectivity index (χ4v) is 3.32. The van der Waals surface area contributed by atoms with Gasteiger partial charge in [-0.3, -0.25) is 4.79 Å². The Hall–Kier alpha value is -0.870. The lowest BCUT2D eigenvalue weighted by molar-refractivity contribution is -0.132. The summed E-state index contributed by atoms with van der Waals surface area (Å²) in [5.41, 5.74) is 1.25. The molecule has 1 fully saturated rings. The number of rotatable bonds is 6. The molecule has 0 radical (unpaired) electrons. The highest BCUT2D eigenvalue weighted by Gasteiger charge is 2.29. The van der Waals surface area contributed by atoms with Crippen LogP contribution in [0.25, 0.3) is 0 Å². The van der Waals surface area contributed by atoms with Gasteiger partial charge < -0.3 is 10.2 Å². The van der Waals surface area contributed by atoms with Gasteiger partial charge in [0.15, 0.2) is 0 Å². The molecule has 1 aromatic carbocycles. The van der Waals surface area contributed by atoms with Crippen LogP contribution in [0.1, 0.15) is 51.1 Å². The summed E-state index contributed by atoms with van der Waals surface area (Å²) in [6.45, 7) is 6.07. The number of likely N-dealkylation sites (tertiary alicyclic amines) is 1. The molecule has 4 heteroatoms. The zero-order chi connectivity index (χ0) is 15.2. The van der Waals surface area contributed by atoms with Crippen LogP contribution in [0.5, 0.6) is 0 Å². The Morgan fingerprint density at radius 1 is 1.48 bits per heavy atom. The third kappa shape index (κ3) is 4.82. The number of nitrogens with zero attached hydrogens (tertiary/aromatic N) is 1. The van der Waals surface area contributed by atoms with E-state index in [-0.39, 0.29) is 6.04 Å². The monoisotopic (exact) mass is 352 g/mol. The van der Waals surface area contributed by atoms with E-state index >= 15 is 0 Å². The number of benzene rings is 1. The Bertz CT molecular complexity index is 476. The van der Waals surface area contributed by atoms with Crippen LogP contribution in [0.3, 0.4) is 0 Å². The lowest BCUT2D eigenvalue weighted by atomic mass is 10.0. The maximum absolute atomic E-state index is 12.4. The summed E-state index contributed by atoms with van der Waals surface area (Å²) in [6, 6.07) is 9.09. The normalized spacial score (nSPS) is 18.5. The second kappa shape index (κ2) is 7.95. The number of carbonyl (C=O) groups excluding carboxylic acids is 1. The van der Waals surface area contributed by atoms with Gasteiger partial charge in [0.05, 0.1) is 6.04 Å². The highest BCUT2D eigenvalue weighted by atomic mass is 79.9. The van der Waals surface area contributed by atoms with Crippen LogP contribution in [0.4, 0.5) is 0 Å². The van der Waals surface area contributed by atoms with Crippen LogP contribution in [0.15, 0.2) is 28.7 Å². The predicted octanol–water partition coefficient (Wildman–Crippen LogP) is 3.89. The summed E-state index contributed by atoms with van der Waals surface area (Å²) >= 11 is 3.52. The Kier molecular flexibility index (Phi) is 6.24. The number of hydrogen-bond donors (Lipinski definition) is 1. The van der Waals surface area contributed by atoms with Crippen molar-refractivity contribution in [2.75, 3.05) is 13.1 Å². The first-order valence-corrected chi connectivity index (χ1v) is 8.65. The van der Waals surface area contributed by atoms with Gasteiger partial charge in [0.1, 0.15) is 0 Å². The molecule has 1 aliphatic heterocycles. The van der Waals surface area contributed by atoms with E-state index < -0.39 is 0 Å². The SMILES string of the molecule is CC(C)NCCCC(=O)N1CCCC1c1cccc(Br)c1. The predicted molar refractivity (Wildman–Crippen MR) is 90.2 cm³/mol. The van der Waals surface area contributed by atoms with E-state index in [1.54, 1.807) is 0 Å². The lowest BCUT2D eigenvalue weighted by Gasteiger charge is -2.25. The van der Waals surface area contributed by atoms with Gasteiger partial charge >= 0.3 is 0 Å². The smallest absolute Gasteiger partial charge is 0.223 e. The average molecular weight is 353 g/mol. The highest BCUT2D eigenvalue weighted by molar-refractivity contribution is 9.10. The van der Waals surface area contributed by atoms with E-state index in [0.29, 0.717) is 18.4 Å². The van der Waals surface area contributed by atoms with E-state index in [1.807, 2.05) is 12.1 Å². The summed E-state index contributed by atoms with van der Waals surface area (Å²) in [7, 11) is 0. The van der Waals surface area contributed by atoms with Crippen molar-refractivity contribution < 1.29 is 4.79 Å². The van der Waals surface area contributed by atoms with Crippen molar-refractivity contribution in [2.45, 2.75) is 51.6 Å². The summed E-state index contributed by atoms with van der Waals surface area (Å²) in [4.78, 5) is 14.5. The van der Waals surface area contributed by atoms with Crippen molar-refractivity contribution in [1.29, 1.82) is 0 Å². The van der Waals surface area contributed by atoms with Gasteiger partial charge in [-0.1, -0.05) is 41.9 Å². The molecule has 0 bridgehead atoms. The number of hydrogen-bond acceptors (Lipinski definition) is 2. The molecule has 1 saturated heterocycles. The molecule has 21 heavy (non-hydrogen) atoms. The number of amides is 1. The maximum Gasteiger partial charge on any atom is 0.223 e. The van der Waals surface area contributed by atoms with Crippen LogP contribution < -0.4 is 5.32 Å². The van der Waals surface area contributed by atoms with Gasteiger partial charge in [-0.25, -0.2) is 0 Å². The van der Waals surface area contributed by atoms with E-state index in [0.717, 1.165) is 36.8 Å². The molecular formula is C17H25BrN2O. The molecule has 3 nitrogen and oxygen atoms in total. The molecule has 1 N–H and O–H groups in total. The number of carbonyl (C=O) groups is 1. The van der Waals surface area contributed by atoms with Crippen molar-refractivity contribution in [3.63, 3.8) is 0 Å². The van der Waals surface area contributed by atoms with Crippen molar-refractivity contribution in [1.82, 2.24) is 10.2 Å². The molecule has 116 valence electrons. The Balaban J connectivity index is 1.90. The van der Waals surface area contributed by atoms with Crippen LogP contribution in [-0.2, 0) is 4.79 Å². The number of halogens is 1. The number of nitrogens with one attached hydrogen (secondary N) is 1. The van der Waals surface area contributed by atoms with Gasteiger partial charge in [0, 0.05) is 23.5 Å². The molecule has 1 aromatic rings. The van der Waals surface area contributed by atoms with Gasteiger partial charge in [0.25, 0.3) is 0 Å². The molecule has 1 unspecified atom stereocenters. The standard InChI is InChI=1S/C17H25BrN2O/c1-13(2)19-10-4-9-17(21)20-11-5-8-16(20)14-6-3-7-15(18)12-14/h3,6-7,12-13,16,19H,4-5,8-11H2,1-2H3. The van der Waals surface area contributed by atoms with Gasteiger partial charge in [0.2, 0.25) is 5.91 Å². The Morgan fingerprint density at radius 3 is 3.00 bits per heavy atom. The minimum absolute atomic E-state index is 0.257. The molecule has 0 spiro atoms. The lowest BCUT2D eigenvalue weighted by Crippen LogP contribution is -2.31. The molecule has 1 atom stereocenters. The minimum atomic E-state index is 0.257. The molecule has 0 saturated carbocycles. The van der Waals surface area contributed by atoms with Crippen molar-refractivity contribution in [3.8, 4) is 0 Å². The third-order valence-corrected chi connectivity index (χ3v) is 4.42. The summed E-state index contributed by atoms with van der Waals surface area (Å²) in [5.74, 6) is 0.294. The fraction of sp³-hybridized carbons (Fsp3) is 0.588. The maximum atomic E-state index is 12.4. The quantitative estimate of drug-likeness (QED) is 0.787. The Labute approximate surface area is 136 Å². The van der Waals surface area contributed by atoms with Crippen LogP contribution >= 0.6 is 15.9 Å². The van der Waals surface area contributed by atoms with E-state index in [2.05, 4.69) is 52.1 Å². The zero-order valence-corrected chi connectivity index (χ0v) is 14.5. The Morgan fingerprint density at radius 2 is 2.29 bits per heavy atom. The second-order valence-corrected chi connectivity index (χ2v) is 6.93. The second-order valence-electron chi connectivity index (χ2n) is 6.01. The molecule has 2 rings (SSSR count). The first kappa shape index (κ1) is 16.5. The van der Waals surface area contributed by atoms with Crippen LogP contribution in [0, 0.1) is 0 Å². The summed E-state index contributed by atoms with van der Waals surface area (Å²) in [5, 5.41) is 3.36. The first-order valence-electron chi connectivity index (χ1n) is 7.86.